The molecule has 0 bridgehead atoms. The molecule has 0 aliphatic heterocycles. The maximum absolute atomic E-state index is 13.0. The molecule has 0 saturated carbocycles. The fourth-order valence-electron chi connectivity index (χ4n) is 2.84. The predicted molar refractivity (Wildman–Crippen MR) is 99.8 cm³/mol. The van der Waals surface area contributed by atoms with Gasteiger partial charge in [0, 0.05) is 17.3 Å². The van der Waals surface area contributed by atoms with Gasteiger partial charge in [0.2, 0.25) is 0 Å². The van der Waals surface area contributed by atoms with Crippen LogP contribution in [0.25, 0.3) is 0 Å². The predicted octanol–water partition coefficient (Wildman–Crippen LogP) is 4.27. The van der Waals surface area contributed by atoms with E-state index in [0.717, 1.165) is 16.8 Å². The number of aromatic nitrogens is 2. The fourth-order valence-corrected chi connectivity index (χ4v) is 3.04. The first-order valence-corrected chi connectivity index (χ1v) is 8.63. The summed E-state index contributed by atoms with van der Waals surface area (Å²) in [5, 5.41) is 8.01. The molecule has 1 amide bonds. The largest absolute Gasteiger partial charge is 0.348 e. The van der Waals surface area contributed by atoms with Gasteiger partial charge < -0.3 is 5.32 Å². The smallest absolute Gasteiger partial charge is 0.255 e. The lowest BCUT2D eigenvalue weighted by atomic mass is 10.1. The SMILES string of the molecule is Cc1nn(Cc2ccccc2Cl)c(C)c1C(=O)NCc1ccc(F)cc1. The Labute approximate surface area is 156 Å². The van der Waals surface area contributed by atoms with E-state index in [-0.39, 0.29) is 11.7 Å². The number of aryl methyl sites for hydroxylation is 1. The molecule has 0 unspecified atom stereocenters. The first-order valence-electron chi connectivity index (χ1n) is 8.25. The molecule has 4 nitrogen and oxygen atoms in total. The summed E-state index contributed by atoms with van der Waals surface area (Å²) >= 11 is 6.22. The standard InChI is InChI=1S/C20H19ClFN3O/c1-13-19(20(26)23-11-15-7-9-17(22)10-8-15)14(2)25(24-13)12-16-5-3-4-6-18(16)21/h3-10H,11-12H2,1-2H3,(H,23,26). The highest BCUT2D eigenvalue weighted by Crippen LogP contribution is 2.19. The third-order valence-corrected chi connectivity index (χ3v) is 4.62. The van der Waals surface area contributed by atoms with Gasteiger partial charge in [-0.05, 0) is 43.2 Å². The van der Waals surface area contributed by atoms with Crippen LogP contribution in [0, 0.1) is 19.7 Å². The highest BCUT2D eigenvalue weighted by molar-refractivity contribution is 6.31. The van der Waals surface area contributed by atoms with Crippen LogP contribution < -0.4 is 5.32 Å². The van der Waals surface area contributed by atoms with Gasteiger partial charge in [-0.15, -0.1) is 0 Å². The number of amides is 1. The highest BCUT2D eigenvalue weighted by atomic mass is 35.5. The molecule has 2 aromatic carbocycles. The zero-order chi connectivity index (χ0) is 18.7. The second-order valence-corrected chi connectivity index (χ2v) is 6.51. The summed E-state index contributed by atoms with van der Waals surface area (Å²) in [5.41, 5.74) is 3.76. The van der Waals surface area contributed by atoms with Gasteiger partial charge in [-0.2, -0.15) is 5.10 Å². The molecule has 0 aliphatic rings. The van der Waals surface area contributed by atoms with Crippen LogP contribution in [0.3, 0.4) is 0 Å². The molecule has 0 saturated heterocycles. The third-order valence-electron chi connectivity index (χ3n) is 4.25. The molecule has 0 spiro atoms. The highest BCUT2D eigenvalue weighted by Gasteiger charge is 2.19. The van der Waals surface area contributed by atoms with Crippen LogP contribution in [0.15, 0.2) is 48.5 Å². The van der Waals surface area contributed by atoms with Crippen LogP contribution in [-0.2, 0) is 13.1 Å². The number of halogens is 2. The topological polar surface area (TPSA) is 46.9 Å². The van der Waals surface area contributed by atoms with E-state index < -0.39 is 0 Å². The van der Waals surface area contributed by atoms with Crippen LogP contribution in [0.2, 0.25) is 5.02 Å². The first kappa shape index (κ1) is 18.1. The van der Waals surface area contributed by atoms with E-state index in [0.29, 0.717) is 29.4 Å². The van der Waals surface area contributed by atoms with Crippen molar-refractivity contribution in [3.8, 4) is 0 Å². The summed E-state index contributed by atoms with van der Waals surface area (Å²) in [4.78, 5) is 12.6. The Kier molecular flexibility index (Phi) is 5.38. The quantitative estimate of drug-likeness (QED) is 0.728. The lowest BCUT2D eigenvalue weighted by Crippen LogP contribution is -2.24. The molecule has 1 heterocycles. The zero-order valence-electron chi connectivity index (χ0n) is 14.6. The van der Waals surface area contributed by atoms with Crippen molar-refractivity contribution in [2.75, 3.05) is 0 Å². The Morgan fingerprint density at radius 3 is 2.54 bits per heavy atom. The number of hydrogen-bond donors (Lipinski definition) is 1. The summed E-state index contributed by atoms with van der Waals surface area (Å²) < 4.78 is 14.7. The van der Waals surface area contributed by atoms with Crippen LogP contribution in [-0.4, -0.2) is 15.7 Å². The van der Waals surface area contributed by atoms with Crippen LogP contribution in [0.5, 0.6) is 0 Å². The van der Waals surface area contributed by atoms with Crippen molar-refractivity contribution in [2.24, 2.45) is 0 Å². The van der Waals surface area contributed by atoms with Crippen molar-refractivity contribution in [3.63, 3.8) is 0 Å². The molecular formula is C20H19ClFN3O. The fraction of sp³-hybridized carbons (Fsp3) is 0.200. The number of nitrogens with zero attached hydrogens (tertiary/aromatic N) is 2. The van der Waals surface area contributed by atoms with Gasteiger partial charge in [0.25, 0.3) is 5.91 Å². The Hall–Kier alpha value is -2.66. The molecule has 0 aliphatic carbocycles. The lowest BCUT2D eigenvalue weighted by Gasteiger charge is -2.08. The minimum absolute atomic E-state index is 0.199. The average molecular weight is 372 g/mol. The summed E-state index contributed by atoms with van der Waals surface area (Å²) in [6.45, 7) is 4.50. The molecule has 0 radical (unpaired) electrons. The van der Waals surface area contributed by atoms with Gasteiger partial charge >= 0.3 is 0 Å². The van der Waals surface area contributed by atoms with Crippen molar-refractivity contribution in [1.29, 1.82) is 0 Å². The van der Waals surface area contributed by atoms with Crippen molar-refractivity contribution >= 4 is 17.5 Å². The van der Waals surface area contributed by atoms with E-state index in [1.165, 1.54) is 12.1 Å². The number of hydrogen-bond acceptors (Lipinski definition) is 2. The van der Waals surface area contributed by atoms with E-state index in [2.05, 4.69) is 10.4 Å². The maximum Gasteiger partial charge on any atom is 0.255 e. The van der Waals surface area contributed by atoms with Gasteiger partial charge in [0.15, 0.2) is 0 Å². The molecule has 1 N–H and O–H groups in total. The number of nitrogens with one attached hydrogen (secondary N) is 1. The summed E-state index contributed by atoms with van der Waals surface area (Å²) in [7, 11) is 0. The molecular weight excluding hydrogens is 353 g/mol. The molecule has 6 heteroatoms. The number of carbonyl (C=O) groups is 1. The van der Waals surface area contributed by atoms with E-state index in [1.807, 2.05) is 38.1 Å². The monoisotopic (exact) mass is 371 g/mol. The Bertz CT molecular complexity index is 935. The normalized spacial score (nSPS) is 10.8. The van der Waals surface area contributed by atoms with Crippen LogP contribution in [0.4, 0.5) is 4.39 Å². The number of benzene rings is 2. The zero-order valence-corrected chi connectivity index (χ0v) is 15.3. The van der Waals surface area contributed by atoms with Crippen molar-refractivity contribution in [3.05, 3.63) is 87.4 Å². The van der Waals surface area contributed by atoms with Crippen molar-refractivity contribution in [1.82, 2.24) is 15.1 Å². The van der Waals surface area contributed by atoms with Gasteiger partial charge in [-0.25, -0.2) is 4.39 Å². The molecule has 3 aromatic rings. The molecule has 0 fully saturated rings. The Morgan fingerprint density at radius 2 is 1.85 bits per heavy atom. The first-order chi connectivity index (χ1) is 12.5. The van der Waals surface area contributed by atoms with E-state index in [1.54, 1.807) is 16.8 Å². The summed E-state index contributed by atoms with van der Waals surface area (Å²) in [6, 6.07) is 13.6. The molecule has 0 atom stereocenters. The third kappa shape index (κ3) is 3.94. The van der Waals surface area contributed by atoms with E-state index in [9.17, 15) is 9.18 Å². The van der Waals surface area contributed by atoms with Crippen LogP contribution >= 0.6 is 11.6 Å². The van der Waals surface area contributed by atoms with Crippen molar-refractivity contribution in [2.45, 2.75) is 26.9 Å². The molecule has 134 valence electrons. The Morgan fingerprint density at radius 1 is 1.15 bits per heavy atom. The number of carbonyl (C=O) groups excluding carboxylic acids is 1. The van der Waals surface area contributed by atoms with Gasteiger partial charge in [-0.3, -0.25) is 9.48 Å². The second-order valence-electron chi connectivity index (χ2n) is 6.10. The molecule has 3 rings (SSSR count). The van der Waals surface area contributed by atoms with Crippen LogP contribution in [0.1, 0.15) is 32.9 Å². The molecule has 26 heavy (non-hydrogen) atoms. The number of rotatable bonds is 5. The average Bonchev–Trinajstić information content (AvgIpc) is 2.90. The van der Waals surface area contributed by atoms with E-state index >= 15 is 0 Å². The van der Waals surface area contributed by atoms with Gasteiger partial charge in [0.05, 0.1) is 17.8 Å². The minimum atomic E-state index is -0.299. The Balaban J connectivity index is 1.75. The minimum Gasteiger partial charge on any atom is -0.348 e. The lowest BCUT2D eigenvalue weighted by molar-refractivity contribution is 0.0949. The summed E-state index contributed by atoms with van der Waals surface area (Å²) in [5.74, 6) is -0.498. The van der Waals surface area contributed by atoms with Gasteiger partial charge in [-0.1, -0.05) is 41.9 Å². The summed E-state index contributed by atoms with van der Waals surface area (Å²) in [6.07, 6.45) is 0. The van der Waals surface area contributed by atoms with E-state index in [4.69, 9.17) is 11.6 Å². The second kappa shape index (κ2) is 7.70. The maximum atomic E-state index is 13.0. The van der Waals surface area contributed by atoms with Crippen molar-refractivity contribution < 1.29 is 9.18 Å². The van der Waals surface area contributed by atoms with Gasteiger partial charge in [0.1, 0.15) is 5.82 Å². The molecule has 1 aromatic heterocycles.